The van der Waals surface area contributed by atoms with Crippen LogP contribution in [0, 0.1) is 6.92 Å². The minimum Gasteiger partial charge on any atom is -0.348 e. The van der Waals surface area contributed by atoms with Crippen molar-refractivity contribution in [3.05, 3.63) is 46.8 Å². The summed E-state index contributed by atoms with van der Waals surface area (Å²) in [7, 11) is -3.33. The highest BCUT2D eigenvalue weighted by Crippen LogP contribution is 2.30. The molecule has 1 aliphatic rings. The second-order valence-electron chi connectivity index (χ2n) is 6.61. The van der Waals surface area contributed by atoms with Gasteiger partial charge in [0.25, 0.3) is 5.91 Å². The number of nitrogens with one attached hydrogen (secondary N) is 1. The number of anilines is 1. The molecular formula is C18H24N4O3S. The Kier molecular flexibility index (Phi) is 5.04. The molecule has 1 aliphatic heterocycles. The summed E-state index contributed by atoms with van der Waals surface area (Å²) in [6, 6.07) is 5.24. The number of fused-ring (bicyclic) bond motifs is 1. The number of carbonyl (C=O) groups excluding carboxylic acids is 1. The number of hydrogen-bond donors (Lipinski definition) is 1. The number of benzene rings is 1. The van der Waals surface area contributed by atoms with Crippen LogP contribution in [0.2, 0.25) is 0 Å². The van der Waals surface area contributed by atoms with E-state index in [0.717, 1.165) is 29.8 Å². The molecule has 7 nitrogen and oxygen atoms in total. The van der Waals surface area contributed by atoms with Crippen LogP contribution in [0.5, 0.6) is 0 Å². The summed E-state index contributed by atoms with van der Waals surface area (Å²) < 4.78 is 27.0. The van der Waals surface area contributed by atoms with Crippen molar-refractivity contribution < 1.29 is 13.2 Å². The van der Waals surface area contributed by atoms with Crippen LogP contribution < -0.4 is 9.62 Å². The van der Waals surface area contributed by atoms with Crippen LogP contribution in [0.1, 0.15) is 40.5 Å². The Morgan fingerprint density at radius 2 is 2.12 bits per heavy atom. The van der Waals surface area contributed by atoms with Gasteiger partial charge in [0.15, 0.2) is 0 Å². The Bertz CT molecular complexity index is 934. The Balaban J connectivity index is 1.73. The molecule has 2 heterocycles. The predicted molar refractivity (Wildman–Crippen MR) is 101 cm³/mol. The van der Waals surface area contributed by atoms with Crippen LogP contribution >= 0.6 is 0 Å². The molecule has 0 spiro atoms. The molecule has 0 fully saturated rings. The lowest BCUT2D eigenvalue weighted by Crippen LogP contribution is -2.28. The van der Waals surface area contributed by atoms with E-state index >= 15 is 0 Å². The Labute approximate surface area is 154 Å². The summed E-state index contributed by atoms with van der Waals surface area (Å²) in [5.41, 5.74) is 3.88. The van der Waals surface area contributed by atoms with E-state index in [0.29, 0.717) is 30.8 Å². The van der Waals surface area contributed by atoms with Gasteiger partial charge in [0.2, 0.25) is 10.0 Å². The molecule has 1 aromatic heterocycles. The topological polar surface area (TPSA) is 84.3 Å². The van der Waals surface area contributed by atoms with Gasteiger partial charge >= 0.3 is 0 Å². The van der Waals surface area contributed by atoms with Crippen molar-refractivity contribution in [1.82, 2.24) is 15.1 Å². The summed E-state index contributed by atoms with van der Waals surface area (Å²) in [6.07, 6.45) is 4.80. The van der Waals surface area contributed by atoms with E-state index in [1.807, 2.05) is 23.9 Å². The largest absolute Gasteiger partial charge is 0.348 e. The number of aromatic nitrogens is 2. The lowest BCUT2D eigenvalue weighted by atomic mass is 10.1. The van der Waals surface area contributed by atoms with Crippen LogP contribution in [-0.2, 0) is 29.5 Å². The summed E-state index contributed by atoms with van der Waals surface area (Å²) >= 11 is 0. The second kappa shape index (κ2) is 7.11. The van der Waals surface area contributed by atoms with Gasteiger partial charge in [0.05, 0.1) is 17.6 Å². The molecule has 1 N–H and O–H groups in total. The van der Waals surface area contributed by atoms with Crippen LogP contribution in [0.3, 0.4) is 0 Å². The van der Waals surface area contributed by atoms with Crippen molar-refractivity contribution in [3.8, 4) is 0 Å². The fourth-order valence-electron chi connectivity index (χ4n) is 3.19. The fraction of sp³-hybridized carbons (Fsp3) is 0.444. The van der Waals surface area contributed by atoms with Crippen molar-refractivity contribution in [2.24, 2.45) is 0 Å². The van der Waals surface area contributed by atoms with Crippen LogP contribution in [0.25, 0.3) is 0 Å². The van der Waals surface area contributed by atoms with E-state index in [4.69, 9.17) is 0 Å². The standard InChI is InChI=1S/C18H24N4O3S/c1-4-8-21-12-16(13(2)20-21)11-19-18(23)15-6-5-14-7-9-22(17(14)10-15)26(3,24)25/h5-6,10,12H,4,7-9,11H2,1-3H3,(H,19,23). The van der Waals surface area contributed by atoms with Gasteiger partial charge in [-0.2, -0.15) is 5.10 Å². The highest BCUT2D eigenvalue weighted by Gasteiger charge is 2.27. The van der Waals surface area contributed by atoms with Gasteiger partial charge in [-0.05, 0) is 37.5 Å². The van der Waals surface area contributed by atoms with Gasteiger partial charge in [0.1, 0.15) is 0 Å². The summed E-state index contributed by atoms with van der Waals surface area (Å²) in [6.45, 7) is 5.68. The third-order valence-corrected chi connectivity index (χ3v) is 5.72. The molecule has 1 aromatic carbocycles. The highest BCUT2D eigenvalue weighted by molar-refractivity contribution is 7.92. The Morgan fingerprint density at radius 3 is 2.81 bits per heavy atom. The average Bonchev–Trinajstić information content (AvgIpc) is 3.15. The lowest BCUT2D eigenvalue weighted by molar-refractivity contribution is 0.0951. The van der Waals surface area contributed by atoms with Crippen molar-refractivity contribution in [2.75, 3.05) is 17.1 Å². The number of amides is 1. The molecule has 0 atom stereocenters. The van der Waals surface area contributed by atoms with E-state index in [-0.39, 0.29) is 5.91 Å². The molecule has 140 valence electrons. The van der Waals surface area contributed by atoms with E-state index in [1.54, 1.807) is 12.1 Å². The third-order valence-electron chi connectivity index (χ3n) is 4.54. The van der Waals surface area contributed by atoms with Crippen molar-refractivity contribution in [2.45, 2.75) is 39.8 Å². The van der Waals surface area contributed by atoms with E-state index in [9.17, 15) is 13.2 Å². The van der Waals surface area contributed by atoms with E-state index in [2.05, 4.69) is 17.3 Å². The first-order valence-corrected chi connectivity index (χ1v) is 10.6. The zero-order valence-corrected chi connectivity index (χ0v) is 16.1. The average molecular weight is 376 g/mol. The quantitative estimate of drug-likeness (QED) is 0.834. The summed E-state index contributed by atoms with van der Waals surface area (Å²) in [5.74, 6) is -0.226. The van der Waals surface area contributed by atoms with Gasteiger partial charge < -0.3 is 5.32 Å². The normalized spacial score (nSPS) is 13.7. The second-order valence-corrected chi connectivity index (χ2v) is 8.52. The van der Waals surface area contributed by atoms with Crippen molar-refractivity contribution in [3.63, 3.8) is 0 Å². The molecule has 0 saturated carbocycles. The number of nitrogens with zero attached hydrogens (tertiary/aromatic N) is 3. The lowest BCUT2D eigenvalue weighted by Gasteiger charge is -2.17. The molecular weight excluding hydrogens is 352 g/mol. The van der Waals surface area contributed by atoms with E-state index < -0.39 is 10.0 Å². The molecule has 0 aliphatic carbocycles. The SMILES string of the molecule is CCCn1cc(CNC(=O)c2ccc3c(c2)N(S(C)(=O)=O)CC3)c(C)n1. The van der Waals surface area contributed by atoms with E-state index in [1.165, 1.54) is 10.6 Å². The smallest absolute Gasteiger partial charge is 0.251 e. The van der Waals surface area contributed by atoms with Gasteiger partial charge in [-0.15, -0.1) is 0 Å². The minimum absolute atomic E-state index is 0.226. The molecule has 2 aromatic rings. The van der Waals surface area contributed by atoms with Crippen molar-refractivity contribution in [1.29, 1.82) is 0 Å². The first-order valence-electron chi connectivity index (χ1n) is 8.71. The van der Waals surface area contributed by atoms with Gasteiger partial charge in [0, 0.05) is 37.0 Å². The minimum atomic E-state index is -3.33. The monoisotopic (exact) mass is 376 g/mol. The highest BCUT2D eigenvalue weighted by atomic mass is 32.2. The zero-order valence-electron chi connectivity index (χ0n) is 15.3. The molecule has 0 radical (unpaired) electrons. The van der Waals surface area contributed by atoms with Crippen LogP contribution in [0.15, 0.2) is 24.4 Å². The molecule has 1 amide bonds. The first kappa shape index (κ1) is 18.4. The van der Waals surface area contributed by atoms with Crippen LogP contribution in [-0.4, -0.2) is 36.9 Å². The predicted octanol–water partition coefficient (Wildman–Crippen LogP) is 1.85. The van der Waals surface area contributed by atoms with Gasteiger partial charge in [-0.25, -0.2) is 8.42 Å². The number of aryl methyl sites for hydroxylation is 2. The number of carbonyl (C=O) groups is 1. The summed E-state index contributed by atoms with van der Waals surface area (Å²) in [5, 5.41) is 7.32. The molecule has 0 bridgehead atoms. The number of hydrogen-bond acceptors (Lipinski definition) is 4. The molecule has 8 heteroatoms. The molecule has 3 rings (SSSR count). The third kappa shape index (κ3) is 3.75. The Hall–Kier alpha value is -2.35. The maximum atomic E-state index is 12.5. The Morgan fingerprint density at radius 1 is 1.35 bits per heavy atom. The maximum absolute atomic E-state index is 12.5. The van der Waals surface area contributed by atoms with Gasteiger partial charge in [-0.1, -0.05) is 13.0 Å². The van der Waals surface area contributed by atoms with Crippen molar-refractivity contribution >= 4 is 21.6 Å². The first-order chi connectivity index (χ1) is 12.3. The van der Waals surface area contributed by atoms with Crippen LogP contribution in [0.4, 0.5) is 5.69 Å². The number of sulfonamides is 1. The molecule has 26 heavy (non-hydrogen) atoms. The zero-order chi connectivity index (χ0) is 18.9. The molecule has 0 unspecified atom stereocenters. The fourth-order valence-corrected chi connectivity index (χ4v) is 4.14. The maximum Gasteiger partial charge on any atom is 0.251 e. The molecule has 0 saturated heterocycles. The summed E-state index contributed by atoms with van der Waals surface area (Å²) in [4.78, 5) is 12.5. The number of rotatable bonds is 6. The van der Waals surface area contributed by atoms with Gasteiger partial charge in [-0.3, -0.25) is 13.8 Å².